The van der Waals surface area contributed by atoms with Crippen molar-refractivity contribution in [3.8, 4) is 0 Å². The maximum atomic E-state index is 13.1. The van der Waals surface area contributed by atoms with Crippen LogP contribution in [0.25, 0.3) is 5.76 Å². The second kappa shape index (κ2) is 9.30. The number of carbonyl (C=O) groups is 3. The Bertz CT molecular complexity index is 1100. The van der Waals surface area contributed by atoms with Crippen LogP contribution in [0.15, 0.2) is 34.3 Å². The third-order valence-corrected chi connectivity index (χ3v) is 6.11. The third kappa shape index (κ3) is 4.22. The Balaban J connectivity index is 2.21. The first-order chi connectivity index (χ1) is 15.1. The molecule has 0 radical (unpaired) electrons. The molecule has 1 saturated heterocycles. The van der Waals surface area contributed by atoms with E-state index in [1.54, 1.807) is 13.8 Å². The van der Waals surface area contributed by atoms with E-state index in [0.29, 0.717) is 35.5 Å². The van der Waals surface area contributed by atoms with Gasteiger partial charge in [0.2, 0.25) is 0 Å². The van der Waals surface area contributed by atoms with Crippen LogP contribution in [0, 0.1) is 13.8 Å². The summed E-state index contributed by atoms with van der Waals surface area (Å²) in [5.74, 6) is -2.32. The van der Waals surface area contributed by atoms with Crippen LogP contribution in [0.4, 0.5) is 0 Å². The number of H-pyrrole nitrogens is 1. The van der Waals surface area contributed by atoms with Crippen LogP contribution in [0.2, 0.25) is 0 Å². The molecule has 2 aromatic rings. The summed E-state index contributed by atoms with van der Waals surface area (Å²) in [6, 6.07) is 6.52. The van der Waals surface area contributed by atoms with E-state index in [0.717, 1.165) is 4.47 Å². The van der Waals surface area contributed by atoms with Crippen LogP contribution >= 0.6 is 15.9 Å². The zero-order valence-electron chi connectivity index (χ0n) is 18.7. The van der Waals surface area contributed by atoms with Gasteiger partial charge in [-0.3, -0.25) is 9.59 Å². The summed E-state index contributed by atoms with van der Waals surface area (Å²) in [5.41, 5.74) is 2.14. The predicted molar refractivity (Wildman–Crippen MR) is 123 cm³/mol. The molecular formula is C23H26BrN3O5. The maximum absolute atomic E-state index is 13.1. The zero-order valence-corrected chi connectivity index (χ0v) is 20.2. The number of halogens is 1. The third-order valence-electron chi connectivity index (χ3n) is 5.58. The minimum atomic E-state index is -0.756. The van der Waals surface area contributed by atoms with Gasteiger partial charge in [0, 0.05) is 28.8 Å². The Kier molecular flexibility index (Phi) is 6.90. The number of nitrogens with one attached hydrogen (secondary N) is 1. The van der Waals surface area contributed by atoms with E-state index in [1.165, 1.54) is 12.0 Å². The number of ketones is 1. The number of likely N-dealkylation sites (N-methyl/N-ethyl adjacent to an activating group) is 1. The minimum Gasteiger partial charge on any atom is -0.507 e. The van der Waals surface area contributed by atoms with E-state index in [4.69, 9.17) is 4.74 Å². The summed E-state index contributed by atoms with van der Waals surface area (Å²) in [7, 11) is 5.03. The van der Waals surface area contributed by atoms with Crippen molar-refractivity contribution in [3.63, 3.8) is 0 Å². The standard InChI is InChI=1S/C23H26BrN3O5/c1-12-16(13(2)25-18(12)23(31)32-5)20(28)17-19(14-6-8-15(24)9-7-14)27(11-10-26(3)4)22(30)21(17)29/h6-9,19,25,28H,10-11H2,1-5H3/t19-/m1/s1. The van der Waals surface area contributed by atoms with Gasteiger partial charge in [-0.05, 0) is 51.2 Å². The number of amides is 1. The van der Waals surface area contributed by atoms with Crippen molar-refractivity contribution in [1.29, 1.82) is 0 Å². The second-order valence-corrected chi connectivity index (χ2v) is 8.88. The molecule has 0 bridgehead atoms. The number of aromatic nitrogens is 1. The summed E-state index contributed by atoms with van der Waals surface area (Å²) < 4.78 is 5.65. The molecule has 8 nitrogen and oxygen atoms in total. The van der Waals surface area contributed by atoms with Crippen molar-refractivity contribution in [2.45, 2.75) is 19.9 Å². The quantitative estimate of drug-likeness (QED) is 0.271. The number of hydrogen-bond donors (Lipinski definition) is 2. The van der Waals surface area contributed by atoms with Crippen molar-refractivity contribution in [1.82, 2.24) is 14.8 Å². The number of carbonyl (C=O) groups excluding carboxylic acids is 3. The molecule has 1 amide bonds. The number of aliphatic hydroxyl groups excluding tert-OH is 1. The molecule has 1 atom stereocenters. The number of rotatable bonds is 6. The Labute approximate surface area is 195 Å². The Morgan fingerprint density at radius 3 is 2.41 bits per heavy atom. The smallest absolute Gasteiger partial charge is 0.354 e. The van der Waals surface area contributed by atoms with E-state index < -0.39 is 23.7 Å². The number of aliphatic hydroxyl groups is 1. The highest BCUT2D eigenvalue weighted by Crippen LogP contribution is 2.41. The van der Waals surface area contributed by atoms with Crippen molar-refractivity contribution in [2.75, 3.05) is 34.3 Å². The Morgan fingerprint density at radius 1 is 1.22 bits per heavy atom. The van der Waals surface area contributed by atoms with Gasteiger partial charge < -0.3 is 24.6 Å². The maximum Gasteiger partial charge on any atom is 0.354 e. The van der Waals surface area contributed by atoms with Crippen molar-refractivity contribution >= 4 is 39.3 Å². The van der Waals surface area contributed by atoms with Gasteiger partial charge in [-0.25, -0.2) is 4.79 Å². The normalized spacial score (nSPS) is 18.0. The number of nitrogens with zero attached hydrogens (tertiary/aromatic N) is 2. The van der Waals surface area contributed by atoms with Gasteiger partial charge in [0.15, 0.2) is 0 Å². The van der Waals surface area contributed by atoms with Gasteiger partial charge >= 0.3 is 5.97 Å². The largest absolute Gasteiger partial charge is 0.507 e. The molecule has 1 aliphatic rings. The number of aromatic amines is 1. The number of likely N-dealkylation sites (tertiary alicyclic amines) is 1. The lowest BCUT2D eigenvalue weighted by Gasteiger charge is -2.26. The Morgan fingerprint density at radius 2 is 1.84 bits per heavy atom. The summed E-state index contributed by atoms with van der Waals surface area (Å²) in [4.78, 5) is 44.5. The first-order valence-corrected chi connectivity index (χ1v) is 10.8. The highest BCUT2D eigenvalue weighted by molar-refractivity contribution is 9.10. The molecule has 1 aromatic carbocycles. The van der Waals surface area contributed by atoms with Crippen LogP contribution in [-0.2, 0) is 14.3 Å². The molecular weight excluding hydrogens is 478 g/mol. The van der Waals surface area contributed by atoms with Crippen molar-refractivity contribution < 1.29 is 24.2 Å². The predicted octanol–water partition coefficient (Wildman–Crippen LogP) is 3.16. The molecule has 2 N–H and O–H groups in total. The van der Waals surface area contributed by atoms with Crippen molar-refractivity contribution in [3.05, 3.63) is 62.4 Å². The average Bonchev–Trinajstić information content (AvgIpc) is 3.18. The highest BCUT2D eigenvalue weighted by Gasteiger charge is 2.46. The van der Waals surface area contributed by atoms with Crippen LogP contribution in [0.5, 0.6) is 0 Å². The van der Waals surface area contributed by atoms with Gasteiger partial charge in [-0.1, -0.05) is 28.1 Å². The summed E-state index contributed by atoms with van der Waals surface area (Å²) in [5, 5.41) is 11.3. The number of hydrogen-bond acceptors (Lipinski definition) is 6. The molecule has 0 saturated carbocycles. The number of Topliss-reactive ketones (excluding diaryl/α,β-unsaturated/α-hetero) is 1. The van der Waals surface area contributed by atoms with Gasteiger partial charge in [0.25, 0.3) is 11.7 Å². The van der Waals surface area contributed by atoms with Crippen LogP contribution < -0.4 is 0 Å². The van der Waals surface area contributed by atoms with E-state index in [1.807, 2.05) is 43.3 Å². The van der Waals surface area contributed by atoms with Gasteiger partial charge in [-0.15, -0.1) is 0 Å². The fraction of sp³-hybridized carbons (Fsp3) is 0.348. The molecule has 0 spiro atoms. The first kappa shape index (κ1) is 23.7. The molecule has 1 aromatic heterocycles. The van der Waals surface area contributed by atoms with E-state index in [9.17, 15) is 19.5 Å². The summed E-state index contributed by atoms with van der Waals surface area (Å²) in [6.45, 7) is 4.20. The zero-order chi connectivity index (χ0) is 23.7. The molecule has 32 heavy (non-hydrogen) atoms. The Hall–Kier alpha value is -2.91. The van der Waals surface area contributed by atoms with E-state index in [2.05, 4.69) is 20.9 Å². The fourth-order valence-corrected chi connectivity index (χ4v) is 4.22. The molecule has 1 fully saturated rings. The lowest BCUT2D eigenvalue weighted by molar-refractivity contribution is -0.140. The van der Waals surface area contributed by atoms with Crippen LogP contribution in [0.1, 0.15) is 38.9 Å². The monoisotopic (exact) mass is 503 g/mol. The molecule has 0 unspecified atom stereocenters. The van der Waals surface area contributed by atoms with Crippen LogP contribution in [-0.4, -0.2) is 71.8 Å². The number of aryl methyl sites for hydroxylation is 1. The second-order valence-electron chi connectivity index (χ2n) is 7.96. The molecule has 3 rings (SSSR count). The summed E-state index contributed by atoms with van der Waals surface area (Å²) >= 11 is 3.40. The SMILES string of the molecule is COC(=O)c1[nH]c(C)c(C(O)=C2C(=O)C(=O)N(CCN(C)C)[C@@H]2c2ccc(Br)cc2)c1C. The van der Waals surface area contributed by atoms with Gasteiger partial charge in [-0.2, -0.15) is 0 Å². The lowest BCUT2D eigenvalue weighted by Crippen LogP contribution is -2.35. The van der Waals surface area contributed by atoms with E-state index in [-0.39, 0.29) is 17.0 Å². The number of ether oxygens (including phenoxy) is 1. The van der Waals surface area contributed by atoms with E-state index >= 15 is 0 Å². The average molecular weight is 504 g/mol. The molecule has 2 heterocycles. The number of esters is 1. The van der Waals surface area contributed by atoms with Crippen LogP contribution in [0.3, 0.4) is 0 Å². The molecule has 9 heteroatoms. The topological polar surface area (TPSA) is 103 Å². The molecule has 170 valence electrons. The fourth-order valence-electron chi connectivity index (χ4n) is 3.96. The lowest BCUT2D eigenvalue weighted by atomic mass is 9.94. The number of methoxy groups -OCH3 is 1. The first-order valence-electron chi connectivity index (χ1n) is 10.0. The summed E-state index contributed by atoms with van der Waals surface area (Å²) in [6.07, 6.45) is 0. The van der Waals surface area contributed by atoms with Crippen molar-refractivity contribution in [2.24, 2.45) is 0 Å². The minimum absolute atomic E-state index is 0.00213. The molecule has 1 aliphatic heterocycles. The molecule has 0 aliphatic carbocycles. The van der Waals surface area contributed by atoms with Gasteiger partial charge in [0.05, 0.1) is 18.7 Å². The van der Waals surface area contributed by atoms with Gasteiger partial charge in [0.1, 0.15) is 11.5 Å². The highest BCUT2D eigenvalue weighted by atomic mass is 79.9. The number of benzene rings is 1.